The Morgan fingerprint density at radius 1 is 1.11 bits per heavy atom. The van der Waals surface area contributed by atoms with E-state index in [1.54, 1.807) is 11.8 Å². The number of rotatable bonds is 5. The van der Waals surface area contributed by atoms with E-state index in [1.165, 1.54) is 23.3 Å². The maximum absolute atomic E-state index is 4.37. The highest BCUT2D eigenvalue weighted by Gasteiger charge is 2.20. The third kappa shape index (κ3) is 3.12. The van der Waals surface area contributed by atoms with Crippen molar-refractivity contribution in [2.45, 2.75) is 35.3 Å². The minimum absolute atomic E-state index is 0.748. The van der Waals surface area contributed by atoms with Crippen molar-refractivity contribution >= 4 is 11.8 Å². The Balaban J connectivity index is 1.73. The summed E-state index contributed by atoms with van der Waals surface area (Å²) in [5.41, 5.74) is 1.36. The van der Waals surface area contributed by atoms with Crippen LogP contribution >= 0.6 is 11.8 Å². The van der Waals surface area contributed by atoms with Gasteiger partial charge in [0.05, 0.1) is 0 Å². The number of nitrogens with one attached hydrogen (secondary N) is 1. The lowest BCUT2D eigenvalue weighted by atomic mass is 10.2. The Kier molecular flexibility index (Phi) is 3.62. The van der Waals surface area contributed by atoms with Gasteiger partial charge in [0.1, 0.15) is 5.03 Å². The molecule has 3 heteroatoms. The molecule has 1 saturated carbocycles. The van der Waals surface area contributed by atoms with Crippen molar-refractivity contribution in [3.63, 3.8) is 0 Å². The molecule has 0 atom stereocenters. The first kappa shape index (κ1) is 11.8. The van der Waals surface area contributed by atoms with Crippen LogP contribution in [0, 0.1) is 0 Å². The second kappa shape index (κ2) is 5.55. The highest BCUT2D eigenvalue weighted by Crippen LogP contribution is 2.29. The number of aromatic nitrogens is 1. The summed E-state index contributed by atoms with van der Waals surface area (Å²) in [6, 6.07) is 15.3. The van der Waals surface area contributed by atoms with Crippen LogP contribution in [0.25, 0.3) is 0 Å². The Morgan fingerprint density at radius 2 is 1.94 bits per heavy atom. The lowest BCUT2D eigenvalue weighted by Gasteiger charge is -2.09. The molecule has 1 aliphatic carbocycles. The van der Waals surface area contributed by atoms with Gasteiger partial charge in [-0.2, -0.15) is 0 Å². The van der Waals surface area contributed by atoms with Gasteiger partial charge in [-0.3, -0.25) is 0 Å². The van der Waals surface area contributed by atoms with Gasteiger partial charge in [-0.25, -0.2) is 4.98 Å². The highest BCUT2D eigenvalue weighted by atomic mass is 32.2. The molecule has 1 aliphatic rings. The Bertz CT molecular complexity index is 509. The molecule has 0 radical (unpaired) electrons. The lowest BCUT2D eigenvalue weighted by molar-refractivity contribution is 0.680. The van der Waals surface area contributed by atoms with Crippen molar-refractivity contribution in [2.24, 2.45) is 0 Å². The van der Waals surface area contributed by atoms with E-state index in [4.69, 9.17) is 0 Å². The largest absolute Gasteiger partial charge is 0.310 e. The normalized spacial score (nSPS) is 14.7. The molecule has 0 amide bonds. The molecule has 0 bridgehead atoms. The van der Waals surface area contributed by atoms with Crippen LogP contribution in [-0.2, 0) is 6.54 Å². The van der Waals surface area contributed by atoms with Crippen molar-refractivity contribution in [3.8, 4) is 0 Å². The SMILES string of the molecule is c1ccc(Sc2ccccc2CNC2CC2)nc1. The van der Waals surface area contributed by atoms with Crippen molar-refractivity contribution in [3.05, 3.63) is 54.2 Å². The zero-order valence-electron chi connectivity index (χ0n) is 10.2. The number of hydrogen-bond acceptors (Lipinski definition) is 3. The van der Waals surface area contributed by atoms with Crippen LogP contribution < -0.4 is 5.32 Å². The van der Waals surface area contributed by atoms with Gasteiger partial charge in [0.2, 0.25) is 0 Å². The van der Waals surface area contributed by atoms with Crippen molar-refractivity contribution < 1.29 is 0 Å². The molecule has 1 fully saturated rings. The van der Waals surface area contributed by atoms with Crippen LogP contribution in [0.2, 0.25) is 0 Å². The van der Waals surface area contributed by atoms with Gasteiger partial charge in [-0.15, -0.1) is 0 Å². The van der Waals surface area contributed by atoms with E-state index in [0.717, 1.165) is 17.6 Å². The van der Waals surface area contributed by atoms with Crippen molar-refractivity contribution in [1.82, 2.24) is 10.3 Å². The van der Waals surface area contributed by atoms with E-state index in [0.29, 0.717) is 0 Å². The third-order valence-corrected chi connectivity index (χ3v) is 4.05. The number of hydrogen-bond donors (Lipinski definition) is 1. The Labute approximate surface area is 112 Å². The van der Waals surface area contributed by atoms with Crippen LogP contribution in [0.15, 0.2) is 58.6 Å². The van der Waals surface area contributed by atoms with E-state index in [1.807, 2.05) is 18.3 Å². The van der Waals surface area contributed by atoms with Crippen LogP contribution in [0.3, 0.4) is 0 Å². The summed E-state index contributed by atoms with van der Waals surface area (Å²) in [6.07, 6.45) is 4.50. The minimum Gasteiger partial charge on any atom is -0.310 e. The first-order valence-electron chi connectivity index (χ1n) is 6.32. The second-order valence-corrected chi connectivity index (χ2v) is 5.60. The molecule has 2 aromatic rings. The third-order valence-electron chi connectivity index (χ3n) is 2.98. The molecular weight excluding hydrogens is 240 g/mol. The van der Waals surface area contributed by atoms with Crippen LogP contribution in [0.4, 0.5) is 0 Å². The topological polar surface area (TPSA) is 24.9 Å². The van der Waals surface area contributed by atoms with Gasteiger partial charge < -0.3 is 5.32 Å². The summed E-state index contributed by atoms with van der Waals surface area (Å²) in [7, 11) is 0. The molecule has 2 nitrogen and oxygen atoms in total. The zero-order valence-corrected chi connectivity index (χ0v) is 11.0. The maximum Gasteiger partial charge on any atom is 0.101 e. The summed E-state index contributed by atoms with van der Waals surface area (Å²) >= 11 is 1.74. The molecule has 0 unspecified atom stereocenters. The smallest absolute Gasteiger partial charge is 0.101 e. The highest BCUT2D eigenvalue weighted by molar-refractivity contribution is 7.99. The van der Waals surface area contributed by atoms with Gasteiger partial charge in [-0.1, -0.05) is 36.0 Å². The maximum atomic E-state index is 4.37. The van der Waals surface area contributed by atoms with Gasteiger partial charge in [0.15, 0.2) is 0 Å². The molecule has 18 heavy (non-hydrogen) atoms. The fraction of sp³-hybridized carbons (Fsp3) is 0.267. The fourth-order valence-electron chi connectivity index (χ4n) is 1.81. The summed E-state index contributed by atoms with van der Waals surface area (Å²) in [5, 5.41) is 4.62. The average molecular weight is 256 g/mol. The minimum atomic E-state index is 0.748. The zero-order chi connectivity index (χ0) is 12.2. The molecule has 1 aromatic carbocycles. The van der Waals surface area contributed by atoms with Crippen molar-refractivity contribution in [1.29, 1.82) is 0 Å². The van der Waals surface area contributed by atoms with Gasteiger partial charge in [0.25, 0.3) is 0 Å². The first-order chi connectivity index (χ1) is 8.92. The molecule has 1 aromatic heterocycles. The van der Waals surface area contributed by atoms with Crippen LogP contribution in [0.5, 0.6) is 0 Å². The lowest BCUT2D eigenvalue weighted by Crippen LogP contribution is -2.15. The molecule has 92 valence electrons. The van der Waals surface area contributed by atoms with Gasteiger partial charge in [0, 0.05) is 23.7 Å². The van der Waals surface area contributed by atoms with E-state index in [-0.39, 0.29) is 0 Å². The summed E-state index contributed by atoms with van der Waals surface area (Å²) in [6.45, 7) is 0.959. The molecule has 1 N–H and O–H groups in total. The monoisotopic (exact) mass is 256 g/mol. The van der Waals surface area contributed by atoms with E-state index >= 15 is 0 Å². The summed E-state index contributed by atoms with van der Waals surface area (Å²) in [5.74, 6) is 0. The molecule has 0 aliphatic heterocycles. The first-order valence-corrected chi connectivity index (χ1v) is 7.13. The second-order valence-electron chi connectivity index (χ2n) is 4.53. The van der Waals surface area contributed by atoms with Gasteiger partial charge in [-0.05, 0) is 36.6 Å². The molecule has 0 spiro atoms. The van der Waals surface area contributed by atoms with E-state index < -0.39 is 0 Å². The predicted octanol–water partition coefficient (Wildman–Crippen LogP) is 3.48. The quantitative estimate of drug-likeness (QED) is 0.886. The Hall–Kier alpha value is -1.32. The van der Waals surface area contributed by atoms with Crippen molar-refractivity contribution in [2.75, 3.05) is 0 Å². The molecule has 3 rings (SSSR count). The van der Waals surface area contributed by atoms with E-state index in [9.17, 15) is 0 Å². The predicted molar refractivity (Wildman–Crippen MR) is 74.7 cm³/mol. The molecular formula is C15H16N2S. The number of benzene rings is 1. The summed E-state index contributed by atoms with van der Waals surface area (Å²) in [4.78, 5) is 5.66. The number of pyridine rings is 1. The van der Waals surface area contributed by atoms with Gasteiger partial charge >= 0.3 is 0 Å². The Morgan fingerprint density at radius 3 is 2.72 bits per heavy atom. The van der Waals surface area contributed by atoms with E-state index in [2.05, 4.69) is 40.6 Å². The fourth-order valence-corrected chi connectivity index (χ4v) is 2.71. The van der Waals surface area contributed by atoms with Crippen LogP contribution in [-0.4, -0.2) is 11.0 Å². The average Bonchev–Trinajstić information content (AvgIpc) is 3.23. The number of nitrogens with zero attached hydrogens (tertiary/aromatic N) is 1. The standard InChI is InChI=1S/C15H16N2S/c1-2-6-14(18-15-7-3-4-10-16-15)12(5-1)11-17-13-8-9-13/h1-7,10,13,17H,8-9,11H2. The van der Waals surface area contributed by atoms with Crippen LogP contribution in [0.1, 0.15) is 18.4 Å². The molecule has 0 saturated heterocycles. The molecule has 1 heterocycles. The summed E-state index contributed by atoms with van der Waals surface area (Å²) < 4.78 is 0.